The highest BCUT2D eigenvalue weighted by atomic mass is 15.1. The van der Waals surface area contributed by atoms with E-state index in [0.29, 0.717) is 11.5 Å². The second kappa shape index (κ2) is 7.49. The Balaban J connectivity index is 2.60. The van der Waals surface area contributed by atoms with Crippen LogP contribution in [0.15, 0.2) is 0 Å². The average molecular weight is 254 g/mol. The molecular weight excluding hydrogens is 220 g/mol. The van der Waals surface area contributed by atoms with E-state index >= 15 is 0 Å². The van der Waals surface area contributed by atoms with Gasteiger partial charge in [-0.2, -0.15) is 0 Å². The summed E-state index contributed by atoms with van der Waals surface area (Å²) in [4.78, 5) is 2.54. The van der Waals surface area contributed by atoms with Crippen molar-refractivity contribution in [2.45, 2.75) is 65.8 Å². The first-order valence-electron chi connectivity index (χ1n) is 7.89. The molecule has 0 radical (unpaired) electrons. The van der Waals surface area contributed by atoms with Gasteiger partial charge in [-0.15, -0.1) is 0 Å². The van der Waals surface area contributed by atoms with E-state index in [9.17, 15) is 0 Å². The van der Waals surface area contributed by atoms with Crippen molar-refractivity contribution in [3.63, 3.8) is 0 Å². The van der Waals surface area contributed by atoms with Crippen LogP contribution in [-0.2, 0) is 0 Å². The Hall–Kier alpha value is -0.0800. The summed E-state index contributed by atoms with van der Waals surface area (Å²) < 4.78 is 0. The van der Waals surface area contributed by atoms with Crippen LogP contribution in [-0.4, -0.2) is 37.6 Å². The van der Waals surface area contributed by atoms with Crippen LogP contribution in [0.2, 0.25) is 0 Å². The van der Waals surface area contributed by atoms with Gasteiger partial charge in [-0.05, 0) is 44.2 Å². The van der Waals surface area contributed by atoms with Gasteiger partial charge in [-0.1, -0.05) is 40.5 Å². The number of nitrogens with zero attached hydrogens (tertiary/aromatic N) is 1. The Morgan fingerprint density at radius 2 is 2.11 bits per heavy atom. The van der Waals surface area contributed by atoms with Crippen molar-refractivity contribution in [2.24, 2.45) is 11.3 Å². The van der Waals surface area contributed by atoms with Crippen LogP contribution < -0.4 is 5.32 Å². The van der Waals surface area contributed by atoms with E-state index in [1.54, 1.807) is 0 Å². The first-order chi connectivity index (χ1) is 8.47. The minimum atomic E-state index is 0.520. The molecule has 108 valence electrons. The summed E-state index contributed by atoms with van der Waals surface area (Å²) in [6.45, 7) is 12.9. The maximum Gasteiger partial charge on any atom is 0.00472 e. The zero-order chi connectivity index (χ0) is 13.6. The molecule has 0 aliphatic heterocycles. The van der Waals surface area contributed by atoms with Crippen molar-refractivity contribution >= 4 is 0 Å². The van der Waals surface area contributed by atoms with Crippen LogP contribution in [0.5, 0.6) is 0 Å². The molecule has 1 aliphatic carbocycles. The van der Waals surface area contributed by atoms with Gasteiger partial charge in [0, 0.05) is 19.1 Å². The molecule has 18 heavy (non-hydrogen) atoms. The van der Waals surface area contributed by atoms with Gasteiger partial charge >= 0.3 is 0 Å². The standard InChI is InChI=1S/C16H34N2/c1-6-10-18(5)13-16(12-17-14(2)3)9-7-8-15(4)11-16/h14-15,17H,6-13H2,1-5H3. The van der Waals surface area contributed by atoms with Crippen LogP contribution in [0.3, 0.4) is 0 Å². The highest BCUT2D eigenvalue weighted by Crippen LogP contribution is 2.39. The minimum Gasteiger partial charge on any atom is -0.314 e. The molecule has 0 saturated heterocycles. The fourth-order valence-corrected chi connectivity index (χ4v) is 3.58. The van der Waals surface area contributed by atoms with Crippen molar-refractivity contribution in [1.82, 2.24) is 10.2 Å². The van der Waals surface area contributed by atoms with Crippen molar-refractivity contribution < 1.29 is 0 Å². The van der Waals surface area contributed by atoms with E-state index < -0.39 is 0 Å². The van der Waals surface area contributed by atoms with Gasteiger partial charge in [0.15, 0.2) is 0 Å². The highest BCUT2D eigenvalue weighted by molar-refractivity contribution is 4.89. The zero-order valence-electron chi connectivity index (χ0n) is 13.3. The van der Waals surface area contributed by atoms with Crippen LogP contribution in [0.1, 0.15) is 59.8 Å². The molecule has 0 aromatic carbocycles. The molecule has 0 bridgehead atoms. The highest BCUT2D eigenvalue weighted by Gasteiger charge is 2.35. The van der Waals surface area contributed by atoms with Crippen LogP contribution in [0.4, 0.5) is 0 Å². The smallest absolute Gasteiger partial charge is 0.00472 e. The lowest BCUT2D eigenvalue weighted by Gasteiger charge is -2.43. The maximum atomic E-state index is 3.70. The van der Waals surface area contributed by atoms with E-state index in [1.165, 1.54) is 51.7 Å². The molecule has 0 spiro atoms. The maximum absolute atomic E-state index is 3.70. The molecule has 1 aliphatic rings. The predicted octanol–water partition coefficient (Wildman–Crippen LogP) is 3.52. The summed E-state index contributed by atoms with van der Waals surface area (Å²) in [6.07, 6.45) is 6.92. The molecule has 1 saturated carbocycles. The molecule has 2 nitrogen and oxygen atoms in total. The quantitative estimate of drug-likeness (QED) is 0.748. The molecule has 2 heteroatoms. The Morgan fingerprint density at radius 3 is 2.67 bits per heavy atom. The van der Waals surface area contributed by atoms with Gasteiger partial charge in [0.2, 0.25) is 0 Å². The van der Waals surface area contributed by atoms with E-state index in [2.05, 4.69) is 45.0 Å². The lowest BCUT2D eigenvalue weighted by molar-refractivity contribution is 0.0898. The van der Waals surface area contributed by atoms with Crippen molar-refractivity contribution in [3.05, 3.63) is 0 Å². The summed E-state index contributed by atoms with van der Waals surface area (Å²) in [5.74, 6) is 0.905. The summed E-state index contributed by atoms with van der Waals surface area (Å²) in [5, 5.41) is 3.70. The molecule has 0 heterocycles. The summed E-state index contributed by atoms with van der Waals surface area (Å²) in [5.41, 5.74) is 0.520. The number of hydrogen-bond acceptors (Lipinski definition) is 2. The second-order valence-corrected chi connectivity index (χ2v) is 6.97. The first kappa shape index (κ1) is 16.0. The Morgan fingerprint density at radius 1 is 1.39 bits per heavy atom. The number of rotatable bonds is 7. The average Bonchev–Trinajstić information content (AvgIpc) is 2.26. The fourth-order valence-electron chi connectivity index (χ4n) is 3.58. The third kappa shape index (κ3) is 5.27. The minimum absolute atomic E-state index is 0.520. The number of hydrogen-bond donors (Lipinski definition) is 1. The van der Waals surface area contributed by atoms with E-state index in [0.717, 1.165) is 5.92 Å². The van der Waals surface area contributed by atoms with Gasteiger partial charge in [-0.25, -0.2) is 0 Å². The second-order valence-electron chi connectivity index (χ2n) is 6.97. The first-order valence-corrected chi connectivity index (χ1v) is 7.89. The van der Waals surface area contributed by atoms with E-state index in [-0.39, 0.29) is 0 Å². The van der Waals surface area contributed by atoms with E-state index in [1.807, 2.05) is 0 Å². The molecule has 0 aromatic heterocycles. The molecule has 2 unspecified atom stereocenters. The molecule has 2 atom stereocenters. The SMILES string of the molecule is CCCN(C)CC1(CNC(C)C)CCCC(C)C1. The summed E-state index contributed by atoms with van der Waals surface area (Å²) in [7, 11) is 2.29. The van der Waals surface area contributed by atoms with Crippen molar-refractivity contribution in [2.75, 3.05) is 26.7 Å². The largest absolute Gasteiger partial charge is 0.314 e. The molecule has 1 rings (SSSR count). The van der Waals surface area contributed by atoms with Gasteiger partial charge in [-0.3, -0.25) is 0 Å². The third-order valence-electron chi connectivity index (χ3n) is 4.28. The van der Waals surface area contributed by atoms with Gasteiger partial charge in [0.25, 0.3) is 0 Å². The van der Waals surface area contributed by atoms with Gasteiger partial charge in [0.05, 0.1) is 0 Å². The Bertz CT molecular complexity index is 227. The lowest BCUT2D eigenvalue weighted by Crippen LogP contribution is -2.47. The summed E-state index contributed by atoms with van der Waals surface area (Å²) >= 11 is 0. The van der Waals surface area contributed by atoms with E-state index in [4.69, 9.17) is 0 Å². The third-order valence-corrected chi connectivity index (χ3v) is 4.28. The van der Waals surface area contributed by atoms with Gasteiger partial charge in [0.1, 0.15) is 0 Å². The molecule has 0 aromatic rings. The molecule has 0 amide bonds. The molecule has 1 fully saturated rings. The van der Waals surface area contributed by atoms with Crippen molar-refractivity contribution in [1.29, 1.82) is 0 Å². The fraction of sp³-hybridized carbons (Fsp3) is 1.00. The molecular formula is C16H34N2. The zero-order valence-corrected chi connectivity index (χ0v) is 13.3. The van der Waals surface area contributed by atoms with Crippen LogP contribution in [0.25, 0.3) is 0 Å². The lowest BCUT2D eigenvalue weighted by atomic mass is 9.69. The Kier molecular flexibility index (Phi) is 6.65. The normalized spacial score (nSPS) is 29.2. The predicted molar refractivity (Wildman–Crippen MR) is 81.0 cm³/mol. The summed E-state index contributed by atoms with van der Waals surface area (Å²) in [6, 6.07) is 0.607. The van der Waals surface area contributed by atoms with Crippen molar-refractivity contribution in [3.8, 4) is 0 Å². The van der Waals surface area contributed by atoms with Crippen LogP contribution >= 0.6 is 0 Å². The Labute approximate surface area is 115 Å². The molecule has 1 N–H and O–H groups in total. The van der Waals surface area contributed by atoms with Crippen LogP contribution in [0, 0.1) is 11.3 Å². The number of nitrogens with one attached hydrogen (secondary N) is 1. The monoisotopic (exact) mass is 254 g/mol. The topological polar surface area (TPSA) is 15.3 Å². The van der Waals surface area contributed by atoms with Gasteiger partial charge < -0.3 is 10.2 Å².